The quantitative estimate of drug-likeness (QED) is 0.573. The number of Topliss-reactive ketones (excluding diaryl/α,β-unsaturated/α-hetero) is 1. The zero-order chi connectivity index (χ0) is 14.4. The Morgan fingerprint density at radius 1 is 1.10 bits per heavy atom. The average molecular weight is 274 g/mol. The first-order valence-corrected chi connectivity index (χ1v) is 7.91. The summed E-state index contributed by atoms with van der Waals surface area (Å²) in [5.41, 5.74) is 2.04. The van der Waals surface area contributed by atoms with Crippen LogP contribution in [0, 0.1) is 0 Å². The molecule has 110 valence electrons. The number of rotatable bonds is 5. The van der Waals surface area contributed by atoms with Gasteiger partial charge in [-0.2, -0.15) is 0 Å². The third-order valence-electron chi connectivity index (χ3n) is 4.15. The Labute approximate surface area is 122 Å². The van der Waals surface area contributed by atoms with Crippen LogP contribution in [-0.4, -0.2) is 18.5 Å². The van der Waals surface area contributed by atoms with Crippen LogP contribution in [0.3, 0.4) is 0 Å². The van der Waals surface area contributed by atoms with Crippen LogP contribution < -0.4 is 0 Å². The van der Waals surface area contributed by atoms with E-state index in [0.29, 0.717) is 5.92 Å². The molecule has 1 aliphatic carbocycles. The number of hydrogen-bond donors (Lipinski definition) is 0. The Hall–Kier alpha value is -1.15. The number of carbonyl (C=O) groups excluding carboxylic acids is 1. The summed E-state index contributed by atoms with van der Waals surface area (Å²) in [5, 5.41) is 0. The molecule has 1 aromatic carbocycles. The Kier molecular flexibility index (Phi) is 5.78. The summed E-state index contributed by atoms with van der Waals surface area (Å²) in [6, 6.07) is 7.94. The van der Waals surface area contributed by atoms with Crippen molar-refractivity contribution in [3.05, 3.63) is 35.4 Å². The van der Waals surface area contributed by atoms with E-state index in [-0.39, 0.29) is 18.5 Å². The van der Waals surface area contributed by atoms with Gasteiger partial charge in [0, 0.05) is 5.56 Å². The molecule has 0 atom stereocenters. The number of benzene rings is 1. The molecule has 0 saturated heterocycles. The van der Waals surface area contributed by atoms with Gasteiger partial charge in [-0.3, -0.25) is 4.79 Å². The van der Waals surface area contributed by atoms with Gasteiger partial charge in [0.1, 0.15) is 6.61 Å². The second kappa shape index (κ2) is 7.58. The molecular formula is C18H26O2. The third-order valence-corrected chi connectivity index (χ3v) is 4.15. The van der Waals surface area contributed by atoms with Crippen molar-refractivity contribution in [3.8, 4) is 0 Å². The average Bonchev–Trinajstić information content (AvgIpc) is 2.73. The van der Waals surface area contributed by atoms with E-state index < -0.39 is 0 Å². The molecule has 0 N–H and O–H groups in total. The van der Waals surface area contributed by atoms with Gasteiger partial charge in [0.15, 0.2) is 5.78 Å². The van der Waals surface area contributed by atoms with Crippen molar-refractivity contribution >= 4 is 5.78 Å². The molecular weight excluding hydrogens is 248 g/mol. The van der Waals surface area contributed by atoms with Crippen molar-refractivity contribution in [2.45, 2.75) is 64.4 Å². The molecule has 2 nitrogen and oxygen atoms in total. The van der Waals surface area contributed by atoms with E-state index in [9.17, 15) is 4.79 Å². The fourth-order valence-corrected chi connectivity index (χ4v) is 2.74. The van der Waals surface area contributed by atoms with Gasteiger partial charge in [0.05, 0.1) is 6.10 Å². The van der Waals surface area contributed by atoms with Crippen LogP contribution in [0.4, 0.5) is 0 Å². The molecule has 2 rings (SSSR count). The van der Waals surface area contributed by atoms with E-state index in [2.05, 4.69) is 13.8 Å². The first-order chi connectivity index (χ1) is 9.66. The molecule has 0 amide bonds. The molecule has 0 unspecified atom stereocenters. The lowest BCUT2D eigenvalue weighted by atomic mass is 10.0. The van der Waals surface area contributed by atoms with E-state index in [0.717, 1.165) is 18.4 Å². The van der Waals surface area contributed by atoms with Gasteiger partial charge in [0.2, 0.25) is 0 Å². The maximum absolute atomic E-state index is 12.1. The van der Waals surface area contributed by atoms with Crippen LogP contribution in [0.1, 0.15) is 74.2 Å². The Morgan fingerprint density at radius 2 is 1.70 bits per heavy atom. The predicted molar refractivity (Wildman–Crippen MR) is 82.3 cm³/mol. The van der Waals surface area contributed by atoms with E-state index in [4.69, 9.17) is 4.74 Å². The number of ketones is 1. The molecule has 20 heavy (non-hydrogen) atoms. The maximum Gasteiger partial charge on any atom is 0.188 e. The van der Waals surface area contributed by atoms with Crippen LogP contribution >= 0.6 is 0 Å². The van der Waals surface area contributed by atoms with Crippen LogP contribution in [-0.2, 0) is 4.74 Å². The van der Waals surface area contributed by atoms with E-state index in [1.165, 1.54) is 31.2 Å². The third kappa shape index (κ3) is 4.45. The zero-order valence-corrected chi connectivity index (χ0v) is 12.7. The molecule has 2 heteroatoms. The minimum atomic E-state index is 0.101. The van der Waals surface area contributed by atoms with Crippen LogP contribution in [0.25, 0.3) is 0 Å². The van der Waals surface area contributed by atoms with Gasteiger partial charge in [-0.15, -0.1) is 0 Å². The predicted octanol–water partition coefficient (Wildman–Crippen LogP) is 4.73. The fraction of sp³-hybridized carbons (Fsp3) is 0.611. The normalized spacial score (nSPS) is 17.1. The first kappa shape index (κ1) is 15.2. The zero-order valence-electron chi connectivity index (χ0n) is 12.7. The summed E-state index contributed by atoms with van der Waals surface area (Å²) in [4.78, 5) is 12.1. The molecule has 0 radical (unpaired) electrons. The number of ether oxygens (including phenoxy) is 1. The van der Waals surface area contributed by atoms with E-state index in [1.54, 1.807) is 0 Å². The second-order valence-corrected chi connectivity index (χ2v) is 6.12. The number of hydrogen-bond acceptors (Lipinski definition) is 2. The highest BCUT2D eigenvalue weighted by Crippen LogP contribution is 2.20. The Morgan fingerprint density at radius 3 is 2.25 bits per heavy atom. The van der Waals surface area contributed by atoms with Gasteiger partial charge >= 0.3 is 0 Å². The molecule has 1 saturated carbocycles. The summed E-state index contributed by atoms with van der Waals surface area (Å²) < 4.78 is 5.81. The molecule has 1 aliphatic rings. The van der Waals surface area contributed by atoms with Crippen molar-refractivity contribution in [2.75, 3.05) is 6.61 Å². The fourth-order valence-electron chi connectivity index (χ4n) is 2.74. The first-order valence-electron chi connectivity index (χ1n) is 7.91. The van der Waals surface area contributed by atoms with Crippen molar-refractivity contribution in [1.82, 2.24) is 0 Å². The molecule has 0 spiro atoms. The molecule has 1 aromatic rings. The summed E-state index contributed by atoms with van der Waals surface area (Å²) in [6.45, 7) is 4.55. The molecule has 0 aromatic heterocycles. The monoisotopic (exact) mass is 274 g/mol. The van der Waals surface area contributed by atoms with Crippen molar-refractivity contribution < 1.29 is 9.53 Å². The molecule has 0 heterocycles. The maximum atomic E-state index is 12.1. The minimum absolute atomic E-state index is 0.101. The van der Waals surface area contributed by atoms with Gasteiger partial charge in [-0.25, -0.2) is 0 Å². The van der Waals surface area contributed by atoms with Gasteiger partial charge < -0.3 is 4.74 Å². The van der Waals surface area contributed by atoms with Crippen molar-refractivity contribution in [3.63, 3.8) is 0 Å². The summed E-state index contributed by atoms with van der Waals surface area (Å²) in [6.07, 6.45) is 7.61. The lowest BCUT2D eigenvalue weighted by molar-refractivity contribution is 0.0389. The SMILES string of the molecule is CC(C)c1ccc(C(=O)COC2CCCCCC2)cc1. The van der Waals surface area contributed by atoms with E-state index in [1.807, 2.05) is 24.3 Å². The van der Waals surface area contributed by atoms with Crippen LogP contribution in [0.5, 0.6) is 0 Å². The van der Waals surface area contributed by atoms with Gasteiger partial charge in [0.25, 0.3) is 0 Å². The highest BCUT2D eigenvalue weighted by Gasteiger charge is 2.15. The lowest BCUT2D eigenvalue weighted by Crippen LogP contribution is -2.18. The Balaban J connectivity index is 1.84. The topological polar surface area (TPSA) is 26.3 Å². The molecule has 0 bridgehead atoms. The van der Waals surface area contributed by atoms with Crippen LogP contribution in [0.2, 0.25) is 0 Å². The highest BCUT2D eigenvalue weighted by molar-refractivity contribution is 5.97. The van der Waals surface area contributed by atoms with Crippen molar-refractivity contribution in [1.29, 1.82) is 0 Å². The standard InChI is InChI=1S/C18H26O2/c1-14(2)15-9-11-16(12-10-15)18(19)13-20-17-7-5-3-4-6-8-17/h9-12,14,17H,3-8,13H2,1-2H3. The summed E-state index contributed by atoms with van der Waals surface area (Å²) >= 11 is 0. The van der Waals surface area contributed by atoms with Gasteiger partial charge in [-0.05, 0) is 24.3 Å². The molecule has 1 fully saturated rings. The minimum Gasteiger partial charge on any atom is -0.370 e. The van der Waals surface area contributed by atoms with E-state index >= 15 is 0 Å². The molecule has 0 aliphatic heterocycles. The highest BCUT2D eigenvalue weighted by atomic mass is 16.5. The largest absolute Gasteiger partial charge is 0.370 e. The second-order valence-electron chi connectivity index (χ2n) is 6.12. The summed E-state index contributed by atoms with van der Waals surface area (Å²) in [7, 11) is 0. The lowest BCUT2D eigenvalue weighted by Gasteiger charge is -2.14. The van der Waals surface area contributed by atoms with Crippen molar-refractivity contribution in [2.24, 2.45) is 0 Å². The van der Waals surface area contributed by atoms with Crippen LogP contribution in [0.15, 0.2) is 24.3 Å². The smallest absolute Gasteiger partial charge is 0.188 e. The Bertz CT molecular complexity index is 412. The summed E-state index contributed by atoms with van der Waals surface area (Å²) in [5.74, 6) is 0.603. The number of carbonyl (C=O) groups is 1. The van der Waals surface area contributed by atoms with Gasteiger partial charge in [-0.1, -0.05) is 63.8 Å².